The predicted molar refractivity (Wildman–Crippen MR) is 55.5 cm³/mol. The molecule has 0 unspecified atom stereocenters. The molecule has 1 rings (SSSR count). The fourth-order valence-corrected chi connectivity index (χ4v) is 1.02. The smallest absolute Gasteiger partial charge is 0.126 e. The van der Waals surface area contributed by atoms with Crippen LogP contribution in [0.1, 0.15) is 19.0 Å². The number of anilines is 1. The molecule has 1 N–H and O–H groups in total. The van der Waals surface area contributed by atoms with Crippen LogP contribution in [0.3, 0.4) is 0 Å². The minimum absolute atomic E-state index is 0.858. The number of hydrogen-bond donors (Lipinski definition) is 1. The second-order valence-electron chi connectivity index (χ2n) is 2.77. The Balaban J connectivity index is 2.39. The van der Waals surface area contributed by atoms with Crippen molar-refractivity contribution >= 4 is 5.82 Å². The van der Waals surface area contributed by atoms with Crippen LogP contribution in [0.15, 0.2) is 18.2 Å². The molecule has 1 aromatic heterocycles. The van der Waals surface area contributed by atoms with Gasteiger partial charge >= 0.3 is 0 Å². The van der Waals surface area contributed by atoms with Gasteiger partial charge in [0, 0.05) is 18.7 Å². The lowest BCUT2D eigenvalue weighted by atomic mass is 10.3. The summed E-state index contributed by atoms with van der Waals surface area (Å²) in [4.78, 5) is 4.31. The van der Waals surface area contributed by atoms with Gasteiger partial charge in [0.15, 0.2) is 0 Å². The standard InChI is InChI=1S/C11H14N2/c1-3-4-5-9-12-11-8-6-7-10(2)13-11/h6-8H,5,9H2,1-2H3,(H,12,13). The third-order valence-electron chi connectivity index (χ3n) is 1.62. The van der Waals surface area contributed by atoms with E-state index in [9.17, 15) is 0 Å². The maximum atomic E-state index is 4.31. The van der Waals surface area contributed by atoms with Gasteiger partial charge in [-0.1, -0.05) is 6.07 Å². The van der Waals surface area contributed by atoms with E-state index < -0.39 is 0 Å². The number of aromatic nitrogens is 1. The van der Waals surface area contributed by atoms with Gasteiger partial charge in [0.2, 0.25) is 0 Å². The fraction of sp³-hybridized carbons (Fsp3) is 0.364. The molecule has 0 saturated heterocycles. The maximum absolute atomic E-state index is 4.31. The predicted octanol–water partition coefficient (Wildman–Crippen LogP) is 2.22. The summed E-state index contributed by atoms with van der Waals surface area (Å²) in [6, 6.07) is 5.94. The highest BCUT2D eigenvalue weighted by molar-refractivity contribution is 5.35. The third-order valence-corrected chi connectivity index (χ3v) is 1.62. The van der Waals surface area contributed by atoms with Crippen molar-refractivity contribution < 1.29 is 0 Å². The van der Waals surface area contributed by atoms with Crippen molar-refractivity contribution in [3.05, 3.63) is 23.9 Å². The Morgan fingerprint density at radius 3 is 3.00 bits per heavy atom. The molecule has 1 heterocycles. The number of nitrogens with zero attached hydrogens (tertiary/aromatic N) is 1. The first-order chi connectivity index (χ1) is 6.33. The number of aryl methyl sites for hydroxylation is 1. The quantitative estimate of drug-likeness (QED) is 0.561. The molecule has 1 aromatic rings. The molecule has 2 heteroatoms. The largest absolute Gasteiger partial charge is 0.369 e. The van der Waals surface area contributed by atoms with Crippen LogP contribution in [-0.2, 0) is 0 Å². The maximum Gasteiger partial charge on any atom is 0.126 e. The minimum atomic E-state index is 0.858. The first-order valence-corrected chi connectivity index (χ1v) is 4.40. The highest BCUT2D eigenvalue weighted by atomic mass is 15.0. The first kappa shape index (κ1) is 9.60. The highest BCUT2D eigenvalue weighted by Gasteiger charge is 1.91. The number of rotatable bonds is 3. The van der Waals surface area contributed by atoms with Crippen molar-refractivity contribution in [2.75, 3.05) is 11.9 Å². The van der Waals surface area contributed by atoms with Crippen molar-refractivity contribution in [2.45, 2.75) is 20.3 Å². The Bertz CT molecular complexity index is 320. The van der Waals surface area contributed by atoms with Crippen molar-refractivity contribution in [1.82, 2.24) is 4.98 Å². The molecule has 0 fully saturated rings. The Kier molecular flexibility index (Phi) is 3.84. The molecule has 68 valence electrons. The Labute approximate surface area is 79.4 Å². The van der Waals surface area contributed by atoms with E-state index in [2.05, 4.69) is 22.1 Å². The number of nitrogens with one attached hydrogen (secondary N) is 1. The molecular weight excluding hydrogens is 160 g/mol. The zero-order valence-corrected chi connectivity index (χ0v) is 8.09. The summed E-state index contributed by atoms with van der Waals surface area (Å²) in [6.45, 7) is 4.69. The van der Waals surface area contributed by atoms with Crippen molar-refractivity contribution in [3.8, 4) is 11.8 Å². The average molecular weight is 174 g/mol. The van der Waals surface area contributed by atoms with Crippen molar-refractivity contribution in [3.63, 3.8) is 0 Å². The van der Waals surface area contributed by atoms with Crippen LogP contribution in [0.4, 0.5) is 5.82 Å². The van der Waals surface area contributed by atoms with E-state index in [1.165, 1.54) is 0 Å². The molecule has 0 radical (unpaired) electrons. The van der Waals surface area contributed by atoms with Crippen molar-refractivity contribution in [2.24, 2.45) is 0 Å². The second kappa shape index (κ2) is 5.21. The van der Waals surface area contributed by atoms with Crippen LogP contribution in [0.25, 0.3) is 0 Å². The number of hydrogen-bond acceptors (Lipinski definition) is 2. The summed E-state index contributed by atoms with van der Waals surface area (Å²) in [6.07, 6.45) is 0.867. The van der Waals surface area contributed by atoms with Gasteiger partial charge in [-0.2, -0.15) is 0 Å². The minimum Gasteiger partial charge on any atom is -0.369 e. The van der Waals surface area contributed by atoms with E-state index in [0.717, 1.165) is 24.5 Å². The second-order valence-corrected chi connectivity index (χ2v) is 2.77. The molecule has 0 aliphatic heterocycles. The molecule has 0 atom stereocenters. The van der Waals surface area contributed by atoms with Crippen LogP contribution in [0, 0.1) is 18.8 Å². The Hall–Kier alpha value is -1.49. The van der Waals surface area contributed by atoms with E-state index in [-0.39, 0.29) is 0 Å². The van der Waals surface area contributed by atoms with E-state index in [4.69, 9.17) is 0 Å². The van der Waals surface area contributed by atoms with Crippen molar-refractivity contribution in [1.29, 1.82) is 0 Å². The lowest BCUT2D eigenvalue weighted by molar-refractivity contribution is 1.06. The molecule has 0 amide bonds. The fourth-order valence-electron chi connectivity index (χ4n) is 1.02. The van der Waals surface area contributed by atoms with E-state index in [1.54, 1.807) is 0 Å². The average Bonchev–Trinajstić information content (AvgIpc) is 2.13. The summed E-state index contributed by atoms with van der Waals surface area (Å²) in [7, 11) is 0. The molecule has 0 spiro atoms. The third kappa shape index (κ3) is 3.62. The normalized spacial score (nSPS) is 8.77. The summed E-state index contributed by atoms with van der Waals surface area (Å²) in [5.41, 5.74) is 1.03. The monoisotopic (exact) mass is 174 g/mol. The van der Waals surface area contributed by atoms with Crippen LogP contribution < -0.4 is 5.32 Å². The molecule has 0 saturated carbocycles. The summed E-state index contributed by atoms with van der Waals surface area (Å²) >= 11 is 0. The lowest BCUT2D eigenvalue weighted by Gasteiger charge is -2.02. The molecule has 2 nitrogen and oxygen atoms in total. The zero-order valence-electron chi connectivity index (χ0n) is 8.09. The first-order valence-electron chi connectivity index (χ1n) is 4.40. The Morgan fingerprint density at radius 2 is 2.31 bits per heavy atom. The molecule has 0 bridgehead atoms. The van der Waals surface area contributed by atoms with E-state index in [1.807, 2.05) is 32.0 Å². The van der Waals surface area contributed by atoms with Gasteiger partial charge in [-0.05, 0) is 26.0 Å². The molecular formula is C11H14N2. The number of pyridine rings is 1. The topological polar surface area (TPSA) is 24.9 Å². The highest BCUT2D eigenvalue weighted by Crippen LogP contribution is 2.02. The molecule has 0 aliphatic carbocycles. The van der Waals surface area contributed by atoms with Gasteiger partial charge in [0.1, 0.15) is 5.82 Å². The van der Waals surface area contributed by atoms with E-state index in [0.29, 0.717) is 0 Å². The lowest BCUT2D eigenvalue weighted by Crippen LogP contribution is -2.02. The molecule has 0 aliphatic rings. The summed E-state index contributed by atoms with van der Waals surface area (Å²) in [5.74, 6) is 6.78. The molecule has 13 heavy (non-hydrogen) atoms. The van der Waals surface area contributed by atoms with Gasteiger partial charge in [0.25, 0.3) is 0 Å². The van der Waals surface area contributed by atoms with Crippen LogP contribution in [0.5, 0.6) is 0 Å². The van der Waals surface area contributed by atoms with Crippen LogP contribution in [0.2, 0.25) is 0 Å². The summed E-state index contributed by atoms with van der Waals surface area (Å²) in [5, 5.41) is 3.21. The van der Waals surface area contributed by atoms with Gasteiger partial charge < -0.3 is 5.32 Å². The van der Waals surface area contributed by atoms with Gasteiger partial charge in [0.05, 0.1) is 0 Å². The van der Waals surface area contributed by atoms with Gasteiger partial charge in [-0.25, -0.2) is 4.98 Å². The van der Waals surface area contributed by atoms with Gasteiger partial charge in [-0.15, -0.1) is 11.8 Å². The Morgan fingerprint density at radius 1 is 1.46 bits per heavy atom. The van der Waals surface area contributed by atoms with Gasteiger partial charge in [-0.3, -0.25) is 0 Å². The summed E-state index contributed by atoms with van der Waals surface area (Å²) < 4.78 is 0. The van der Waals surface area contributed by atoms with E-state index >= 15 is 0 Å². The van der Waals surface area contributed by atoms with Crippen LogP contribution >= 0.6 is 0 Å². The van der Waals surface area contributed by atoms with Crippen LogP contribution in [-0.4, -0.2) is 11.5 Å². The SMILES string of the molecule is CC#CCCNc1cccc(C)n1. The zero-order chi connectivity index (χ0) is 9.52. The molecule has 0 aromatic carbocycles.